The first-order valence-corrected chi connectivity index (χ1v) is 7.08. The largest absolute Gasteiger partial charge is 0.326 e. The Morgan fingerprint density at radius 3 is 2.65 bits per heavy atom. The fourth-order valence-electron chi connectivity index (χ4n) is 2.38. The van der Waals surface area contributed by atoms with Crippen molar-refractivity contribution in [3.63, 3.8) is 0 Å². The van der Waals surface area contributed by atoms with Gasteiger partial charge >= 0.3 is 0 Å². The van der Waals surface area contributed by atoms with E-state index in [2.05, 4.69) is 24.1 Å². The molecule has 2 aromatic rings. The maximum Gasteiger partial charge on any atom is 0.161 e. The molecule has 0 saturated carbocycles. The molecule has 3 nitrogen and oxygen atoms in total. The van der Waals surface area contributed by atoms with E-state index >= 15 is 0 Å². The number of rotatable bonds is 6. The van der Waals surface area contributed by atoms with Gasteiger partial charge in [-0.05, 0) is 20.3 Å². The molecule has 1 heterocycles. The molecule has 2 unspecified atom stereocenters. The highest BCUT2D eigenvalue weighted by Gasteiger charge is 2.13. The molecule has 1 N–H and O–H groups in total. The first-order chi connectivity index (χ1) is 9.52. The van der Waals surface area contributed by atoms with Gasteiger partial charge in [0.2, 0.25) is 0 Å². The second-order valence-corrected chi connectivity index (χ2v) is 5.35. The van der Waals surface area contributed by atoms with Crippen LogP contribution in [0.5, 0.6) is 0 Å². The molecule has 0 amide bonds. The van der Waals surface area contributed by atoms with E-state index in [1.807, 2.05) is 11.5 Å². The second-order valence-electron chi connectivity index (χ2n) is 5.35. The molecule has 0 radical (unpaired) electrons. The van der Waals surface area contributed by atoms with Crippen molar-refractivity contribution in [3.05, 3.63) is 30.1 Å². The summed E-state index contributed by atoms with van der Waals surface area (Å²) in [6.45, 7) is 7.11. The van der Waals surface area contributed by atoms with Gasteiger partial charge in [0.15, 0.2) is 11.6 Å². The van der Waals surface area contributed by atoms with Gasteiger partial charge < -0.3 is 9.88 Å². The number of halogens is 2. The summed E-state index contributed by atoms with van der Waals surface area (Å²) in [6.07, 6.45) is 3.90. The lowest BCUT2D eigenvalue weighted by Gasteiger charge is -2.19. The minimum absolute atomic E-state index is 0.129. The molecule has 110 valence electrons. The maximum atomic E-state index is 13.4. The predicted octanol–water partition coefficient (Wildman–Crippen LogP) is 3.65. The van der Waals surface area contributed by atoms with Gasteiger partial charge in [0.1, 0.15) is 0 Å². The molecule has 0 saturated heterocycles. The minimum Gasteiger partial charge on any atom is -0.326 e. The maximum absolute atomic E-state index is 13.4. The Balaban J connectivity index is 2.14. The highest BCUT2D eigenvalue weighted by atomic mass is 19.2. The Kier molecular flexibility index (Phi) is 4.70. The van der Waals surface area contributed by atoms with Gasteiger partial charge in [0, 0.05) is 30.8 Å². The van der Waals surface area contributed by atoms with Crippen LogP contribution in [0, 0.1) is 11.6 Å². The third-order valence-corrected chi connectivity index (χ3v) is 3.58. The van der Waals surface area contributed by atoms with E-state index in [1.165, 1.54) is 6.07 Å². The Bertz CT molecular complexity index is 580. The number of nitrogens with zero attached hydrogens (tertiary/aromatic N) is 2. The predicted molar refractivity (Wildman–Crippen MR) is 76.7 cm³/mol. The molecule has 0 spiro atoms. The summed E-state index contributed by atoms with van der Waals surface area (Å²) >= 11 is 0. The average molecular weight is 281 g/mol. The van der Waals surface area contributed by atoms with Gasteiger partial charge in [0.25, 0.3) is 0 Å². The Morgan fingerprint density at radius 1 is 1.25 bits per heavy atom. The topological polar surface area (TPSA) is 29.9 Å². The Hall–Kier alpha value is -1.49. The van der Waals surface area contributed by atoms with Gasteiger partial charge in [0.05, 0.1) is 17.4 Å². The Labute approximate surface area is 118 Å². The lowest BCUT2D eigenvalue weighted by atomic mass is 10.2. The molecule has 0 bridgehead atoms. The third kappa shape index (κ3) is 3.15. The molecule has 1 aromatic carbocycles. The van der Waals surface area contributed by atoms with E-state index in [0.717, 1.165) is 25.5 Å². The molecular formula is C15H21F2N3. The summed E-state index contributed by atoms with van der Waals surface area (Å²) in [5, 5.41) is 3.45. The number of hydrogen-bond donors (Lipinski definition) is 1. The van der Waals surface area contributed by atoms with E-state index in [0.29, 0.717) is 17.1 Å². The number of nitrogens with one attached hydrogen (secondary N) is 1. The molecular weight excluding hydrogens is 260 g/mol. The van der Waals surface area contributed by atoms with Crippen molar-refractivity contribution in [2.75, 3.05) is 6.54 Å². The van der Waals surface area contributed by atoms with Crippen LogP contribution in [0.1, 0.15) is 39.7 Å². The molecule has 2 rings (SSSR count). The number of fused-ring (bicyclic) bond motifs is 1. The summed E-state index contributed by atoms with van der Waals surface area (Å²) in [5.41, 5.74) is 1.11. The normalized spacial score (nSPS) is 14.7. The first-order valence-electron chi connectivity index (χ1n) is 7.08. The van der Waals surface area contributed by atoms with Gasteiger partial charge in [-0.1, -0.05) is 13.3 Å². The molecule has 0 aliphatic heterocycles. The first kappa shape index (κ1) is 14.9. The number of aromatic nitrogens is 2. The van der Waals surface area contributed by atoms with Crippen molar-refractivity contribution in [1.29, 1.82) is 0 Å². The minimum atomic E-state index is -0.856. The van der Waals surface area contributed by atoms with Crippen LogP contribution in [0.3, 0.4) is 0 Å². The van der Waals surface area contributed by atoms with Gasteiger partial charge in [-0.25, -0.2) is 13.8 Å². The molecule has 0 aliphatic rings. The standard InChI is InChI=1S/C15H21F2N3/c1-4-5-10(2)18-8-11(3)20-9-19-14-6-12(16)13(17)7-15(14)20/h6-7,9-11,18H,4-5,8H2,1-3H3. The molecule has 0 fully saturated rings. The van der Waals surface area contributed by atoms with E-state index in [4.69, 9.17) is 0 Å². The van der Waals surface area contributed by atoms with Crippen LogP contribution in [0.15, 0.2) is 18.5 Å². The van der Waals surface area contributed by atoms with Crippen molar-refractivity contribution in [3.8, 4) is 0 Å². The highest BCUT2D eigenvalue weighted by Crippen LogP contribution is 2.20. The van der Waals surface area contributed by atoms with Crippen LogP contribution in [0.4, 0.5) is 8.78 Å². The zero-order chi connectivity index (χ0) is 14.7. The van der Waals surface area contributed by atoms with Crippen LogP contribution in [-0.2, 0) is 0 Å². The summed E-state index contributed by atoms with van der Waals surface area (Å²) < 4.78 is 28.4. The van der Waals surface area contributed by atoms with Crippen molar-refractivity contribution >= 4 is 11.0 Å². The Morgan fingerprint density at radius 2 is 1.95 bits per heavy atom. The highest BCUT2D eigenvalue weighted by molar-refractivity contribution is 5.75. The van der Waals surface area contributed by atoms with Gasteiger partial charge in [-0.3, -0.25) is 0 Å². The van der Waals surface area contributed by atoms with Crippen LogP contribution in [-0.4, -0.2) is 22.1 Å². The van der Waals surface area contributed by atoms with Gasteiger partial charge in [-0.2, -0.15) is 0 Å². The number of benzene rings is 1. The van der Waals surface area contributed by atoms with Crippen LogP contribution >= 0.6 is 0 Å². The molecule has 2 atom stereocenters. The van der Waals surface area contributed by atoms with E-state index < -0.39 is 11.6 Å². The molecule has 20 heavy (non-hydrogen) atoms. The zero-order valence-electron chi connectivity index (χ0n) is 12.2. The van der Waals surface area contributed by atoms with Crippen molar-refractivity contribution in [2.24, 2.45) is 0 Å². The van der Waals surface area contributed by atoms with Crippen molar-refractivity contribution in [1.82, 2.24) is 14.9 Å². The SMILES string of the molecule is CCCC(C)NCC(C)n1cnc2cc(F)c(F)cc21. The number of imidazole rings is 1. The quantitative estimate of drug-likeness (QED) is 0.876. The monoisotopic (exact) mass is 281 g/mol. The van der Waals surface area contributed by atoms with Crippen LogP contribution < -0.4 is 5.32 Å². The van der Waals surface area contributed by atoms with E-state index in [-0.39, 0.29) is 6.04 Å². The summed E-state index contributed by atoms with van der Waals surface area (Å²) in [7, 11) is 0. The van der Waals surface area contributed by atoms with Crippen LogP contribution in [0.2, 0.25) is 0 Å². The zero-order valence-corrected chi connectivity index (χ0v) is 12.2. The van der Waals surface area contributed by atoms with Crippen molar-refractivity contribution in [2.45, 2.75) is 45.7 Å². The fraction of sp³-hybridized carbons (Fsp3) is 0.533. The van der Waals surface area contributed by atoms with Crippen molar-refractivity contribution < 1.29 is 8.78 Å². The average Bonchev–Trinajstić information content (AvgIpc) is 2.80. The lowest BCUT2D eigenvalue weighted by molar-refractivity contribution is 0.439. The van der Waals surface area contributed by atoms with E-state index in [1.54, 1.807) is 6.33 Å². The van der Waals surface area contributed by atoms with E-state index in [9.17, 15) is 8.78 Å². The second kappa shape index (κ2) is 6.31. The summed E-state index contributed by atoms with van der Waals surface area (Å²) in [5.74, 6) is -1.69. The van der Waals surface area contributed by atoms with Crippen LogP contribution in [0.25, 0.3) is 11.0 Å². The smallest absolute Gasteiger partial charge is 0.161 e. The number of hydrogen-bond acceptors (Lipinski definition) is 2. The fourth-order valence-corrected chi connectivity index (χ4v) is 2.38. The summed E-state index contributed by atoms with van der Waals surface area (Å²) in [4.78, 5) is 4.13. The molecule has 0 aliphatic carbocycles. The molecule has 1 aromatic heterocycles. The summed E-state index contributed by atoms with van der Waals surface area (Å²) in [6, 6.07) is 2.93. The third-order valence-electron chi connectivity index (χ3n) is 3.58. The van der Waals surface area contributed by atoms with Gasteiger partial charge in [-0.15, -0.1) is 0 Å². The lowest BCUT2D eigenvalue weighted by Crippen LogP contribution is -2.31. The molecule has 5 heteroatoms.